The van der Waals surface area contributed by atoms with Gasteiger partial charge in [-0.15, -0.1) is 0 Å². The first-order valence-corrected chi connectivity index (χ1v) is 7.50. The molecular weight excluding hydrogens is 264 g/mol. The number of hydrogen-bond acceptors (Lipinski definition) is 4. The van der Waals surface area contributed by atoms with E-state index in [1.54, 1.807) is 0 Å². The van der Waals surface area contributed by atoms with Gasteiger partial charge in [-0.3, -0.25) is 9.69 Å². The fraction of sp³-hybridized carbons (Fsp3) is 0.562. The van der Waals surface area contributed by atoms with E-state index in [0.717, 1.165) is 50.4 Å². The molecule has 1 aromatic carbocycles. The van der Waals surface area contributed by atoms with Crippen LogP contribution in [-0.2, 0) is 0 Å². The molecule has 21 heavy (non-hydrogen) atoms. The van der Waals surface area contributed by atoms with Crippen molar-refractivity contribution in [3.05, 3.63) is 29.3 Å². The Hall–Kier alpha value is -1.59. The molecule has 1 aromatic rings. The predicted octanol–water partition coefficient (Wildman–Crippen LogP) is 0.897. The molecule has 0 saturated carbocycles. The Kier molecular flexibility index (Phi) is 5.20. The lowest BCUT2D eigenvalue weighted by molar-refractivity contribution is 0.0629. The highest BCUT2D eigenvalue weighted by molar-refractivity contribution is 5.97. The number of hydrogen-bond donors (Lipinski definition) is 1. The zero-order chi connectivity index (χ0) is 15.4. The standard InChI is InChI=1S/C16H26N4O/c1-13-14(5-4-6-15(13)17)16(21)20-11-9-19(10-12-20)8-7-18(2)3/h4-6H,7-12,17H2,1-3H3. The maximum absolute atomic E-state index is 12.6. The maximum atomic E-state index is 12.6. The van der Waals surface area contributed by atoms with Gasteiger partial charge in [0.2, 0.25) is 0 Å². The van der Waals surface area contributed by atoms with Gasteiger partial charge in [0, 0.05) is 50.5 Å². The van der Waals surface area contributed by atoms with E-state index in [1.165, 1.54) is 0 Å². The van der Waals surface area contributed by atoms with Crippen LogP contribution in [0, 0.1) is 6.92 Å². The predicted molar refractivity (Wildman–Crippen MR) is 86.5 cm³/mol. The second kappa shape index (κ2) is 6.91. The van der Waals surface area contributed by atoms with Gasteiger partial charge in [-0.2, -0.15) is 0 Å². The van der Waals surface area contributed by atoms with Gasteiger partial charge >= 0.3 is 0 Å². The fourth-order valence-corrected chi connectivity index (χ4v) is 2.57. The molecule has 116 valence electrons. The second-order valence-electron chi connectivity index (χ2n) is 5.96. The highest BCUT2D eigenvalue weighted by Gasteiger charge is 2.23. The molecule has 1 amide bonds. The number of nitrogens with zero attached hydrogens (tertiary/aromatic N) is 3. The Labute approximate surface area is 127 Å². The fourth-order valence-electron chi connectivity index (χ4n) is 2.57. The quantitative estimate of drug-likeness (QED) is 0.837. The number of nitrogens with two attached hydrogens (primary N) is 1. The molecule has 0 bridgehead atoms. The third-order valence-corrected chi connectivity index (χ3v) is 4.13. The van der Waals surface area contributed by atoms with Gasteiger partial charge in [-0.25, -0.2) is 0 Å². The monoisotopic (exact) mass is 290 g/mol. The molecule has 1 aliphatic rings. The van der Waals surface area contributed by atoms with Gasteiger partial charge in [0.1, 0.15) is 0 Å². The van der Waals surface area contributed by atoms with Crippen molar-refractivity contribution >= 4 is 11.6 Å². The summed E-state index contributed by atoms with van der Waals surface area (Å²) in [5.41, 5.74) is 8.20. The van der Waals surface area contributed by atoms with Gasteiger partial charge in [-0.05, 0) is 38.7 Å². The van der Waals surface area contributed by atoms with Crippen molar-refractivity contribution in [1.82, 2.24) is 14.7 Å². The Morgan fingerprint density at radius 1 is 1.24 bits per heavy atom. The van der Waals surface area contributed by atoms with Crippen LogP contribution in [0.3, 0.4) is 0 Å². The zero-order valence-corrected chi connectivity index (χ0v) is 13.3. The Balaban J connectivity index is 1.93. The van der Waals surface area contributed by atoms with Crippen LogP contribution >= 0.6 is 0 Å². The molecule has 2 N–H and O–H groups in total. The molecule has 1 aliphatic heterocycles. The molecule has 2 rings (SSSR count). The minimum Gasteiger partial charge on any atom is -0.398 e. The maximum Gasteiger partial charge on any atom is 0.254 e. The lowest BCUT2D eigenvalue weighted by Gasteiger charge is -2.35. The summed E-state index contributed by atoms with van der Waals surface area (Å²) in [6, 6.07) is 5.56. The number of rotatable bonds is 4. The largest absolute Gasteiger partial charge is 0.398 e. The number of anilines is 1. The average molecular weight is 290 g/mol. The number of nitrogen functional groups attached to an aromatic ring is 1. The van der Waals surface area contributed by atoms with E-state index in [4.69, 9.17) is 5.73 Å². The molecule has 0 atom stereocenters. The van der Waals surface area contributed by atoms with Crippen LogP contribution in [0.5, 0.6) is 0 Å². The first-order chi connectivity index (χ1) is 9.99. The Morgan fingerprint density at radius 3 is 2.52 bits per heavy atom. The van der Waals surface area contributed by atoms with E-state index in [9.17, 15) is 4.79 Å². The first-order valence-electron chi connectivity index (χ1n) is 7.50. The van der Waals surface area contributed by atoms with Crippen LogP contribution in [0.2, 0.25) is 0 Å². The number of amides is 1. The minimum absolute atomic E-state index is 0.104. The summed E-state index contributed by atoms with van der Waals surface area (Å²) in [5, 5.41) is 0. The topological polar surface area (TPSA) is 52.8 Å². The lowest BCUT2D eigenvalue weighted by atomic mass is 10.1. The van der Waals surface area contributed by atoms with Crippen LogP contribution in [0.25, 0.3) is 0 Å². The number of carbonyl (C=O) groups excluding carboxylic acids is 1. The molecule has 0 aromatic heterocycles. The molecule has 0 radical (unpaired) electrons. The highest BCUT2D eigenvalue weighted by atomic mass is 16.2. The van der Waals surface area contributed by atoms with Gasteiger partial charge in [-0.1, -0.05) is 6.07 Å². The van der Waals surface area contributed by atoms with Gasteiger partial charge in [0.05, 0.1) is 0 Å². The molecular formula is C16H26N4O. The third kappa shape index (κ3) is 3.95. The van der Waals surface area contributed by atoms with Crippen molar-refractivity contribution in [3.8, 4) is 0 Å². The van der Waals surface area contributed by atoms with Gasteiger partial charge in [0.15, 0.2) is 0 Å². The van der Waals surface area contributed by atoms with E-state index in [2.05, 4.69) is 23.9 Å². The summed E-state index contributed by atoms with van der Waals surface area (Å²) in [5.74, 6) is 0.104. The van der Waals surface area contributed by atoms with Crippen LogP contribution in [-0.4, -0.2) is 74.0 Å². The first kappa shape index (κ1) is 15.8. The third-order valence-electron chi connectivity index (χ3n) is 4.13. The SMILES string of the molecule is Cc1c(N)cccc1C(=O)N1CCN(CCN(C)C)CC1. The smallest absolute Gasteiger partial charge is 0.254 e. The van der Waals surface area contributed by atoms with Crippen LogP contribution in [0.4, 0.5) is 5.69 Å². The van der Waals surface area contributed by atoms with Crippen molar-refractivity contribution in [3.63, 3.8) is 0 Å². The van der Waals surface area contributed by atoms with Crippen LogP contribution < -0.4 is 5.73 Å². The average Bonchev–Trinajstić information content (AvgIpc) is 2.48. The van der Waals surface area contributed by atoms with Crippen molar-refractivity contribution in [2.45, 2.75) is 6.92 Å². The summed E-state index contributed by atoms with van der Waals surface area (Å²) in [6.07, 6.45) is 0. The van der Waals surface area contributed by atoms with E-state index in [0.29, 0.717) is 5.69 Å². The molecule has 0 spiro atoms. The summed E-state index contributed by atoms with van der Waals surface area (Å²) in [7, 11) is 4.17. The van der Waals surface area contributed by atoms with Crippen molar-refractivity contribution in [1.29, 1.82) is 0 Å². The highest BCUT2D eigenvalue weighted by Crippen LogP contribution is 2.18. The van der Waals surface area contributed by atoms with Crippen molar-refractivity contribution in [2.24, 2.45) is 0 Å². The second-order valence-corrected chi connectivity index (χ2v) is 5.96. The van der Waals surface area contributed by atoms with Crippen LogP contribution in [0.15, 0.2) is 18.2 Å². The van der Waals surface area contributed by atoms with E-state index in [1.807, 2.05) is 30.0 Å². The molecule has 0 unspecified atom stereocenters. The Morgan fingerprint density at radius 2 is 1.90 bits per heavy atom. The Bertz CT molecular complexity index is 493. The normalized spacial score (nSPS) is 16.5. The molecule has 1 heterocycles. The number of benzene rings is 1. The van der Waals surface area contributed by atoms with E-state index >= 15 is 0 Å². The zero-order valence-electron chi connectivity index (χ0n) is 13.3. The molecule has 5 heteroatoms. The summed E-state index contributed by atoms with van der Waals surface area (Å²) in [6.45, 7) is 7.51. The van der Waals surface area contributed by atoms with Crippen LogP contribution in [0.1, 0.15) is 15.9 Å². The molecule has 1 fully saturated rings. The summed E-state index contributed by atoms with van der Waals surface area (Å²) >= 11 is 0. The molecule has 5 nitrogen and oxygen atoms in total. The number of carbonyl (C=O) groups is 1. The van der Waals surface area contributed by atoms with Crippen molar-refractivity contribution < 1.29 is 4.79 Å². The van der Waals surface area contributed by atoms with Gasteiger partial charge in [0.25, 0.3) is 5.91 Å². The van der Waals surface area contributed by atoms with Crippen molar-refractivity contribution in [2.75, 3.05) is 59.1 Å². The number of piperazine rings is 1. The summed E-state index contributed by atoms with van der Waals surface area (Å²) < 4.78 is 0. The molecule has 0 aliphatic carbocycles. The number of likely N-dealkylation sites (N-methyl/N-ethyl adjacent to an activating group) is 1. The lowest BCUT2D eigenvalue weighted by Crippen LogP contribution is -2.50. The minimum atomic E-state index is 0.104. The van der Waals surface area contributed by atoms with E-state index in [-0.39, 0.29) is 5.91 Å². The molecule has 1 saturated heterocycles. The van der Waals surface area contributed by atoms with Gasteiger partial charge < -0.3 is 15.5 Å². The summed E-state index contributed by atoms with van der Waals surface area (Å²) in [4.78, 5) is 19.1. The van der Waals surface area contributed by atoms with E-state index < -0.39 is 0 Å².